The average molecular weight is 315 g/mol. The number of rotatable bonds is 4. The third-order valence-corrected chi connectivity index (χ3v) is 5.13. The fourth-order valence-corrected chi connectivity index (χ4v) is 3.62. The van der Waals surface area contributed by atoms with E-state index in [2.05, 4.69) is 39.9 Å². The lowest BCUT2D eigenvalue weighted by Gasteiger charge is -2.18. The molecule has 2 heterocycles. The first kappa shape index (κ1) is 15.2. The molecule has 4 nitrogen and oxygen atoms in total. The average Bonchev–Trinajstić information content (AvgIpc) is 3.18. The molecule has 0 radical (unpaired) electrons. The number of aromatic nitrogens is 1. The number of carbonyl (C=O) groups excluding carboxylic acids is 1. The minimum absolute atomic E-state index is 0.0199. The predicted molar refractivity (Wildman–Crippen MR) is 89.9 cm³/mol. The molecule has 2 unspecified atom stereocenters. The monoisotopic (exact) mass is 315 g/mol. The summed E-state index contributed by atoms with van der Waals surface area (Å²) in [4.78, 5) is 17.6. The molecule has 2 aromatic rings. The molecule has 2 atom stereocenters. The van der Waals surface area contributed by atoms with Gasteiger partial charge in [-0.2, -0.15) is 0 Å². The largest absolute Gasteiger partial charge is 0.348 e. The van der Waals surface area contributed by atoms with Gasteiger partial charge in [-0.15, -0.1) is 11.3 Å². The van der Waals surface area contributed by atoms with Gasteiger partial charge in [0.2, 0.25) is 5.91 Å². The van der Waals surface area contributed by atoms with Crippen molar-refractivity contribution in [1.82, 2.24) is 15.6 Å². The van der Waals surface area contributed by atoms with Crippen molar-refractivity contribution in [1.29, 1.82) is 0 Å². The van der Waals surface area contributed by atoms with E-state index in [0.29, 0.717) is 0 Å². The Kier molecular flexibility index (Phi) is 4.55. The van der Waals surface area contributed by atoms with Crippen LogP contribution in [0.3, 0.4) is 0 Å². The lowest BCUT2D eigenvalue weighted by Crippen LogP contribution is -2.41. The lowest BCUT2D eigenvalue weighted by atomic mass is 10.0. The molecular weight excluding hydrogens is 294 g/mol. The first-order chi connectivity index (χ1) is 10.6. The van der Waals surface area contributed by atoms with Crippen molar-refractivity contribution >= 4 is 17.2 Å². The van der Waals surface area contributed by atoms with Crippen molar-refractivity contribution < 1.29 is 4.79 Å². The smallest absolute Gasteiger partial charge is 0.237 e. The molecule has 1 aliphatic heterocycles. The second-order valence-electron chi connectivity index (χ2n) is 5.77. The van der Waals surface area contributed by atoms with Gasteiger partial charge in [0.05, 0.1) is 28.2 Å². The Hall–Kier alpha value is -1.72. The van der Waals surface area contributed by atoms with Gasteiger partial charge in [0, 0.05) is 0 Å². The van der Waals surface area contributed by atoms with Crippen LogP contribution in [0.5, 0.6) is 0 Å². The van der Waals surface area contributed by atoms with Crippen molar-refractivity contribution in [3.63, 3.8) is 0 Å². The third kappa shape index (κ3) is 3.20. The summed E-state index contributed by atoms with van der Waals surface area (Å²) in [6.07, 6.45) is 2.01. The van der Waals surface area contributed by atoms with E-state index in [4.69, 9.17) is 0 Å². The molecule has 1 aromatic heterocycles. The topological polar surface area (TPSA) is 54.0 Å². The van der Waals surface area contributed by atoms with E-state index in [9.17, 15) is 4.79 Å². The maximum absolute atomic E-state index is 12.1. The summed E-state index contributed by atoms with van der Waals surface area (Å²) < 4.78 is 0. The van der Waals surface area contributed by atoms with Crippen molar-refractivity contribution in [2.24, 2.45) is 0 Å². The van der Waals surface area contributed by atoms with Gasteiger partial charge in [-0.3, -0.25) is 4.79 Å². The van der Waals surface area contributed by atoms with E-state index in [-0.39, 0.29) is 18.0 Å². The maximum atomic E-state index is 12.1. The molecule has 2 N–H and O–H groups in total. The number of aryl methyl sites for hydroxylation is 1. The Balaban J connectivity index is 1.67. The van der Waals surface area contributed by atoms with Gasteiger partial charge >= 0.3 is 0 Å². The summed E-state index contributed by atoms with van der Waals surface area (Å²) in [7, 11) is 0. The Bertz CT molecular complexity index is 644. The Morgan fingerprint density at radius 2 is 2.18 bits per heavy atom. The molecular formula is C17H21N3OS. The number of hydrogen-bond donors (Lipinski definition) is 2. The highest BCUT2D eigenvalue weighted by Crippen LogP contribution is 2.28. The Labute approximate surface area is 135 Å². The first-order valence-electron chi connectivity index (χ1n) is 7.69. The van der Waals surface area contributed by atoms with Crippen LogP contribution in [0.2, 0.25) is 0 Å². The summed E-state index contributed by atoms with van der Waals surface area (Å²) >= 11 is 1.66. The zero-order valence-corrected chi connectivity index (χ0v) is 13.7. The molecule has 1 aliphatic rings. The minimum Gasteiger partial charge on any atom is -0.348 e. The van der Waals surface area contributed by atoms with E-state index in [1.54, 1.807) is 11.3 Å². The Morgan fingerprint density at radius 3 is 2.77 bits per heavy atom. The van der Waals surface area contributed by atoms with Gasteiger partial charge in [-0.25, -0.2) is 4.98 Å². The molecule has 0 aliphatic carbocycles. The van der Waals surface area contributed by atoms with Crippen LogP contribution in [0, 0.1) is 6.92 Å². The molecule has 22 heavy (non-hydrogen) atoms. The minimum atomic E-state index is -0.0263. The Morgan fingerprint density at radius 1 is 1.41 bits per heavy atom. The van der Waals surface area contributed by atoms with Crippen LogP contribution in [-0.2, 0) is 4.79 Å². The summed E-state index contributed by atoms with van der Waals surface area (Å²) in [5.41, 5.74) is 5.24. The second-order valence-corrected chi connectivity index (χ2v) is 6.62. The molecule has 0 saturated carbocycles. The van der Waals surface area contributed by atoms with Gasteiger partial charge in [0.25, 0.3) is 0 Å². The van der Waals surface area contributed by atoms with Gasteiger partial charge in [0.15, 0.2) is 0 Å². The van der Waals surface area contributed by atoms with Crippen molar-refractivity contribution in [3.8, 4) is 10.4 Å². The molecule has 1 aromatic carbocycles. The summed E-state index contributed by atoms with van der Waals surface area (Å²) in [5.74, 6) is 0.104. The van der Waals surface area contributed by atoms with Crippen molar-refractivity contribution in [2.45, 2.75) is 38.8 Å². The van der Waals surface area contributed by atoms with Crippen LogP contribution >= 0.6 is 11.3 Å². The predicted octanol–water partition coefficient (Wildman–Crippen LogP) is 3.05. The van der Waals surface area contributed by atoms with E-state index in [0.717, 1.165) is 30.6 Å². The first-order valence-corrected chi connectivity index (χ1v) is 8.57. The molecule has 3 rings (SSSR count). The highest BCUT2D eigenvalue weighted by atomic mass is 32.1. The van der Waals surface area contributed by atoms with Gasteiger partial charge in [-0.1, -0.05) is 24.3 Å². The molecule has 1 amide bonds. The van der Waals surface area contributed by atoms with Crippen LogP contribution in [-0.4, -0.2) is 23.5 Å². The van der Waals surface area contributed by atoms with E-state index >= 15 is 0 Å². The molecule has 0 spiro atoms. The van der Waals surface area contributed by atoms with Gasteiger partial charge in [-0.05, 0) is 44.4 Å². The van der Waals surface area contributed by atoms with Gasteiger partial charge < -0.3 is 10.6 Å². The van der Waals surface area contributed by atoms with Crippen molar-refractivity contribution in [2.75, 3.05) is 6.54 Å². The van der Waals surface area contributed by atoms with Crippen LogP contribution in [0.15, 0.2) is 29.8 Å². The standard InChI is InChI=1S/C17H21N3OS/c1-11(20-17(21)15-4-3-9-18-15)13-5-7-14(8-6-13)16-12(2)19-10-22-16/h5-8,10-11,15,18H,3-4,9H2,1-2H3,(H,20,21). The molecule has 1 saturated heterocycles. The summed E-state index contributed by atoms with van der Waals surface area (Å²) in [5, 5.41) is 6.32. The number of hydrogen-bond acceptors (Lipinski definition) is 4. The molecule has 1 fully saturated rings. The number of carbonyl (C=O) groups is 1. The zero-order valence-electron chi connectivity index (χ0n) is 12.9. The molecule has 116 valence electrons. The fraction of sp³-hybridized carbons (Fsp3) is 0.412. The summed E-state index contributed by atoms with van der Waals surface area (Å²) in [6.45, 7) is 4.99. The van der Waals surface area contributed by atoms with Crippen LogP contribution < -0.4 is 10.6 Å². The third-order valence-electron chi connectivity index (χ3n) is 4.15. The normalized spacial score (nSPS) is 19.1. The molecule has 0 bridgehead atoms. The van der Waals surface area contributed by atoms with Crippen LogP contribution in [0.25, 0.3) is 10.4 Å². The van der Waals surface area contributed by atoms with E-state index in [1.807, 2.05) is 19.4 Å². The number of benzene rings is 1. The SMILES string of the molecule is Cc1ncsc1-c1ccc(C(C)NC(=O)C2CCCN2)cc1. The van der Waals surface area contributed by atoms with Gasteiger partial charge in [0.1, 0.15) is 0 Å². The lowest BCUT2D eigenvalue weighted by molar-refractivity contribution is -0.123. The van der Waals surface area contributed by atoms with E-state index < -0.39 is 0 Å². The van der Waals surface area contributed by atoms with Crippen molar-refractivity contribution in [3.05, 3.63) is 41.0 Å². The highest BCUT2D eigenvalue weighted by molar-refractivity contribution is 7.13. The summed E-state index contributed by atoms with van der Waals surface area (Å²) in [6, 6.07) is 8.37. The maximum Gasteiger partial charge on any atom is 0.237 e. The highest BCUT2D eigenvalue weighted by Gasteiger charge is 2.23. The number of thiazole rings is 1. The van der Waals surface area contributed by atoms with E-state index in [1.165, 1.54) is 10.4 Å². The second kappa shape index (κ2) is 6.58. The molecule has 5 heteroatoms. The quantitative estimate of drug-likeness (QED) is 0.912. The zero-order chi connectivity index (χ0) is 15.5. The number of nitrogens with zero attached hydrogens (tertiary/aromatic N) is 1. The van der Waals surface area contributed by atoms with Crippen LogP contribution in [0.4, 0.5) is 0 Å². The number of amides is 1. The fourth-order valence-electron chi connectivity index (χ4n) is 2.81. The number of nitrogens with one attached hydrogen (secondary N) is 2. The van der Waals surface area contributed by atoms with Crippen LogP contribution in [0.1, 0.15) is 37.1 Å².